The molecule has 0 atom stereocenters. The quantitative estimate of drug-likeness (QED) is 0.821. The van der Waals surface area contributed by atoms with Gasteiger partial charge in [0.05, 0.1) is 27.0 Å². The molecule has 0 unspecified atom stereocenters. The van der Waals surface area contributed by atoms with Gasteiger partial charge in [0.2, 0.25) is 5.91 Å². The maximum atomic E-state index is 12.3. The van der Waals surface area contributed by atoms with Gasteiger partial charge >= 0.3 is 0 Å². The molecule has 126 valence electrons. The van der Waals surface area contributed by atoms with E-state index in [9.17, 15) is 4.79 Å². The largest absolute Gasteiger partial charge is 0.497 e. The predicted octanol–water partition coefficient (Wildman–Crippen LogP) is 3.75. The maximum Gasteiger partial charge on any atom is 0.248 e. The Balaban J connectivity index is 2.22. The molecule has 0 aliphatic carbocycles. The van der Waals surface area contributed by atoms with E-state index in [1.807, 2.05) is 31.2 Å². The summed E-state index contributed by atoms with van der Waals surface area (Å²) in [5.74, 6) is 1.71. The van der Waals surface area contributed by atoms with E-state index in [4.69, 9.17) is 14.2 Å². The number of carbonyl (C=O) groups excluding carboxylic acids is 1. The summed E-state index contributed by atoms with van der Waals surface area (Å²) in [6.45, 7) is 1.85. The first-order chi connectivity index (χ1) is 11.6. The number of ether oxygens (including phenoxy) is 3. The second kappa shape index (κ2) is 8.06. The van der Waals surface area contributed by atoms with Crippen molar-refractivity contribution in [1.29, 1.82) is 0 Å². The molecule has 2 aromatic rings. The van der Waals surface area contributed by atoms with Gasteiger partial charge in [0.25, 0.3) is 0 Å². The minimum Gasteiger partial charge on any atom is -0.497 e. The first-order valence-corrected chi connectivity index (χ1v) is 7.43. The van der Waals surface area contributed by atoms with Crippen LogP contribution in [0.15, 0.2) is 48.5 Å². The number of allylic oxidation sites excluding steroid dienone is 1. The van der Waals surface area contributed by atoms with Gasteiger partial charge in [0, 0.05) is 17.7 Å². The van der Waals surface area contributed by atoms with E-state index in [1.54, 1.807) is 39.5 Å². The molecule has 0 saturated carbocycles. The number of methoxy groups -OCH3 is 3. The number of anilines is 1. The number of amides is 1. The molecule has 1 amide bonds. The van der Waals surface area contributed by atoms with Crippen molar-refractivity contribution in [2.45, 2.75) is 6.92 Å². The Labute approximate surface area is 141 Å². The minimum atomic E-state index is -0.241. The van der Waals surface area contributed by atoms with Crippen LogP contribution >= 0.6 is 0 Å². The molecule has 0 aliphatic rings. The molecule has 0 spiro atoms. The maximum absolute atomic E-state index is 12.3. The lowest BCUT2D eigenvalue weighted by molar-refractivity contribution is -0.111. The highest BCUT2D eigenvalue weighted by atomic mass is 16.5. The van der Waals surface area contributed by atoms with Gasteiger partial charge in [-0.3, -0.25) is 4.79 Å². The fourth-order valence-corrected chi connectivity index (χ4v) is 2.32. The van der Waals surface area contributed by atoms with Crippen molar-refractivity contribution in [3.63, 3.8) is 0 Å². The van der Waals surface area contributed by atoms with E-state index in [2.05, 4.69) is 5.32 Å². The van der Waals surface area contributed by atoms with Gasteiger partial charge in [-0.15, -0.1) is 0 Å². The summed E-state index contributed by atoms with van der Waals surface area (Å²) in [5.41, 5.74) is 2.23. The Morgan fingerprint density at radius 3 is 2.33 bits per heavy atom. The molecular weight excluding hydrogens is 306 g/mol. The molecule has 0 radical (unpaired) electrons. The lowest BCUT2D eigenvalue weighted by Gasteiger charge is -2.11. The van der Waals surface area contributed by atoms with E-state index in [1.165, 1.54) is 6.08 Å². The van der Waals surface area contributed by atoms with Crippen LogP contribution < -0.4 is 19.5 Å². The number of carbonyl (C=O) groups is 1. The SMILES string of the molecule is COc1ccc(/C(C)=C/C(=O)Nc2ccccc2OC)c(OC)c1. The molecule has 0 aliphatic heterocycles. The topological polar surface area (TPSA) is 56.8 Å². The van der Waals surface area contributed by atoms with Crippen molar-refractivity contribution < 1.29 is 19.0 Å². The molecule has 1 N–H and O–H groups in total. The van der Waals surface area contributed by atoms with Crippen molar-refractivity contribution >= 4 is 17.2 Å². The molecule has 0 aromatic heterocycles. The van der Waals surface area contributed by atoms with Crippen LogP contribution in [0.5, 0.6) is 17.2 Å². The Morgan fingerprint density at radius 1 is 0.958 bits per heavy atom. The first-order valence-electron chi connectivity index (χ1n) is 7.43. The van der Waals surface area contributed by atoms with Crippen LogP contribution in [0.4, 0.5) is 5.69 Å². The zero-order valence-electron chi connectivity index (χ0n) is 14.3. The van der Waals surface area contributed by atoms with Crippen LogP contribution in [0.3, 0.4) is 0 Å². The van der Waals surface area contributed by atoms with E-state index in [-0.39, 0.29) is 5.91 Å². The first kappa shape index (κ1) is 17.4. The standard InChI is InChI=1S/C19H21NO4/c1-13(15-10-9-14(22-2)12-18(15)24-4)11-19(21)20-16-7-5-6-8-17(16)23-3/h5-12H,1-4H3,(H,20,21)/b13-11+. The second-order valence-corrected chi connectivity index (χ2v) is 5.08. The van der Waals surface area contributed by atoms with Crippen molar-refractivity contribution in [2.24, 2.45) is 0 Å². The summed E-state index contributed by atoms with van der Waals surface area (Å²) in [7, 11) is 4.74. The number of rotatable bonds is 6. The Morgan fingerprint density at radius 2 is 1.67 bits per heavy atom. The summed E-state index contributed by atoms with van der Waals surface area (Å²) in [5, 5.41) is 2.82. The van der Waals surface area contributed by atoms with E-state index < -0.39 is 0 Å². The second-order valence-electron chi connectivity index (χ2n) is 5.08. The fraction of sp³-hybridized carbons (Fsp3) is 0.211. The lowest BCUT2D eigenvalue weighted by Crippen LogP contribution is -2.09. The van der Waals surface area contributed by atoms with E-state index in [0.717, 1.165) is 11.1 Å². The van der Waals surface area contributed by atoms with Gasteiger partial charge in [0.1, 0.15) is 17.2 Å². The summed E-state index contributed by atoms with van der Waals surface area (Å²) >= 11 is 0. The fourth-order valence-electron chi connectivity index (χ4n) is 2.32. The number of hydrogen-bond acceptors (Lipinski definition) is 4. The molecular formula is C19H21NO4. The zero-order valence-corrected chi connectivity index (χ0v) is 14.3. The smallest absolute Gasteiger partial charge is 0.248 e. The van der Waals surface area contributed by atoms with Crippen molar-refractivity contribution in [3.05, 3.63) is 54.1 Å². The van der Waals surface area contributed by atoms with E-state index >= 15 is 0 Å². The van der Waals surface area contributed by atoms with Gasteiger partial charge in [-0.25, -0.2) is 0 Å². The third kappa shape index (κ3) is 4.07. The highest BCUT2D eigenvalue weighted by molar-refractivity contribution is 6.04. The molecule has 24 heavy (non-hydrogen) atoms. The number of hydrogen-bond donors (Lipinski definition) is 1. The van der Waals surface area contributed by atoms with Crippen molar-refractivity contribution in [3.8, 4) is 17.2 Å². The van der Waals surface area contributed by atoms with Crippen LogP contribution in [-0.4, -0.2) is 27.2 Å². The third-order valence-corrected chi connectivity index (χ3v) is 3.55. The van der Waals surface area contributed by atoms with Crippen LogP contribution in [0.25, 0.3) is 5.57 Å². The van der Waals surface area contributed by atoms with Gasteiger partial charge in [-0.1, -0.05) is 12.1 Å². The average molecular weight is 327 g/mol. The molecule has 0 heterocycles. The van der Waals surface area contributed by atoms with E-state index in [0.29, 0.717) is 22.9 Å². The molecule has 5 heteroatoms. The van der Waals surface area contributed by atoms with Crippen LogP contribution in [-0.2, 0) is 4.79 Å². The van der Waals surface area contributed by atoms with Crippen LogP contribution in [0, 0.1) is 0 Å². The minimum absolute atomic E-state index is 0.241. The lowest BCUT2D eigenvalue weighted by atomic mass is 10.1. The van der Waals surface area contributed by atoms with Crippen LogP contribution in [0.2, 0.25) is 0 Å². The Bertz CT molecular complexity index is 753. The molecule has 2 aromatic carbocycles. The molecule has 0 saturated heterocycles. The van der Waals surface area contributed by atoms with Crippen molar-refractivity contribution in [2.75, 3.05) is 26.6 Å². The number of benzene rings is 2. The summed E-state index contributed by atoms with van der Waals surface area (Å²) in [6, 6.07) is 12.7. The van der Waals surface area contributed by atoms with Gasteiger partial charge in [-0.2, -0.15) is 0 Å². The summed E-state index contributed by atoms with van der Waals surface area (Å²) in [6.07, 6.45) is 1.52. The zero-order chi connectivity index (χ0) is 17.5. The normalized spacial score (nSPS) is 10.9. The van der Waals surface area contributed by atoms with Crippen LogP contribution in [0.1, 0.15) is 12.5 Å². The van der Waals surface area contributed by atoms with Gasteiger partial charge < -0.3 is 19.5 Å². The number of para-hydroxylation sites is 2. The Kier molecular flexibility index (Phi) is 5.84. The number of nitrogens with one attached hydrogen (secondary N) is 1. The molecule has 0 bridgehead atoms. The third-order valence-electron chi connectivity index (χ3n) is 3.55. The monoisotopic (exact) mass is 327 g/mol. The van der Waals surface area contributed by atoms with Gasteiger partial charge in [-0.05, 0) is 36.8 Å². The highest BCUT2D eigenvalue weighted by Crippen LogP contribution is 2.30. The average Bonchev–Trinajstić information content (AvgIpc) is 2.61. The summed E-state index contributed by atoms with van der Waals surface area (Å²) < 4.78 is 15.8. The molecule has 0 fully saturated rings. The van der Waals surface area contributed by atoms with Gasteiger partial charge in [0.15, 0.2) is 0 Å². The summed E-state index contributed by atoms with van der Waals surface area (Å²) in [4.78, 5) is 12.3. The Hall–Kier alpha value is -2.95. The molecule has 5 nitrogen and oxygen atoms in total. The van der Waals surface area contributed by atoms with Crippen molar-refractivity contribution in [1.82, 2.24) is 0 Å². The predicted molar refractivity (Wildman–Crippen MR) is 94.8 cm³/mol. The molecule has 2 rings (SSSR count). The highest BCUT2D eigenvalue weighted by Gasteiger charge is 2.10.